The van der Waals surface area contributed by atoms with Gasteiger partial charge in [0.1, 0.15) is 11.5 Å². The fraction of sp³-hybridized carbons (Fsp3) is 0.273. The van der Waals surface area contributed by atoms with E-state index in [1.54, 1.807) is 14.2 Å². The molecule has 7 heteroatoms. The van der Waals surface area contributed by atoms with E-state index in [4.69, 9.17) is 21.7 Å². The zero-order valence-corrected chi connectivity index (χ0v) is 18.0. The average Bonchev–Trinajstić information content (AvgIpc) is 2.68. The van der Waals surface area contributed by atoms with Crippen molar-refractivity contribution in [3.05, 3.63) is 64.4 Å². The van der Waals surface area contributed by atoms with E-state index in [9.17, 15) is 4.79 Å². The van der Waals surface area contributed by atoms with Crippen LogP contribution in [0, 0.1) is 13.8 Å². The Morgan fingerprint density at radius 2 is 1.83 bits per heavy atom. The molecule has 0 fully saturated rings. The molecule has 3 rings (SSSR count). The van der Waals surface area contributed by atoms with Crippen LogP contribution in [0.4, 0.5) is 5.69 Å². The van der Waals surface area contributed by atoms with Crippen molar-refractivity contribution in [1.82, 2.24) is 10.6 Å². The minimum absolute atomic E-state index is 0.216. The maximum Gasteiger partial charge on any atom is 0.255 e. The number of hydrogen-bond donors (Lipinski definition) is 3. The summed E-state index contributed by atoms with van der Waals surface area (Å²) in [7, 11) is 3.19. The van der Waals surface area contributed by atoms with Gasteiger partial charge in [0.05, 0.1) is 25.8 Å². The van der Waals surface area contributed by atoms with Crippen LogP contribution in [0.25, 0.3) is 0 Å². The first-order chi connectivity index (χ1) is 13.8. The minimum atomic E-state index is -0.487. The molecule has 1 atom stereocenters. The summed E-state index contributed by atoms with van der Waals surface area (Å²) >= 11 is 5.34. The molecule has 0 spiro atoms. The van der Waals surface area contributed by atoms with Gasteiger partial charge in [-0.25, -0.2) is 0 Å². The highest BCUT2D eigenvalue weighted by molar-refractivity contribution is 7.80. The maximum absolute atomic E-state index is 13.3. The van der Waals surface area contributed by atoms with Gasteiger partial charge in [0.25, 0.3) is 5.91 Å². The molecule has 1 aliphatic heterocycles. The molecule has 0 aromatic heterocycles. The van der Waals surface area contributed by atoms with E-state index in [1.165, 1.54) is 0 Å². The Hall–Kier alpha value is -3.06. The third-order valence-corrected chi connectivity index (χ3v) is 5.11. The van der Waals surface area contributed by atoms with E-state index in [1.807, 2.05) is 57.2 Å². The Morgan fingerprint density at radius 1 is 1.07 bits per heavy atom. The number of methoxy groups -OCH3 is 2. The number of anilines is 1. The predicted molar refractivity (Wildman–Crippen MR) is 118 cm³/mol. The summed E-state index contributed by atoms with van der Waals surface area (Å²) < 4.78 is 10.9. The molecule has 2 aromatic rings. The van der Waals surface area contributed by atoms with Crippen molar-refractivity contribution < 1.29 is 14.3 Å². The minimum Gasteiger partial charge on any atom is -0.497 e. The predicted octanol–water partition coefficient (Wildman–Crippen LogP) is 3.75. The summed E-state index contributed by atoms with van der Waals surface area (Å²) in [6.45, 7) is 5.83. The van der Waals surface area contributed by atoms with E-state index in [0.717, 1.165) is 22.4 Å². The van der Waals surface area contributed by atoms with Crippen LogP contribution in [0.15, 0.2) is 47.7 Å². The van der Waals surface area contributed by atoms with Gasteiger partial charge in [0.2, 0.25) is 0 Å². The second kappa shape index (κ2) is 8.53. The van der Waals surface area contributed by atoms with Crippen LogP contribution >= 0.6 is 12.2 Å². The number of nitrogens with one attached hydrogen (secondary N) is 3. The normalized spacial score (nSPS) is 16.0. The average molecular weight is 412 g/mol. The Labute approximate surface area is 176 Å². The van der Waals surface area contributed by atoms with Crippen molar-refractivity contribution in [2.75, 3.05) is 19.5 Å². The molecule has 1 heterocycles. The summed E-state index contributed by atoms with van der Waals surface area (Å²) in [5.74, 6) is 1.09. The standard InChI is InChI=1S/C22H25N3O3S/c1-12-6-8-17(13(2)10-12)24-21(26)19-14(3)23-22(29)25-20(19)16-11-15(27-4)7-9-18(16)28-5/h6-11,20H,1-5H3,(H,24,26)(H2,23,25,29)/t20-/m0/s1. The number of allylic oxidation sites excluding steroid dienone is 1. The maximum atomic E-state index is 13.3. The zero-order chi connectivity index (χ0) is 21.1. The molecule has 152 valence electrons. The first kappa shape index (κ1) is 20.7. The molecule has 2 aromatic carbocycles. The van der Waals surface area contributed by atoms with Crippen LogP contribution in [0.1, 0.15) is 29.7 Å². The highest BCUT2D eigenvalue weighted by Gasteiger charge is 2.32. The Kier molecular flexibility index (Phi) is 6.08. The Bertz CT molecular complexity index is 1000. The lowest BCUT2D eigenvalue weighted by molar-refractivity contribution is -0.113. The molecule has 0 radical (unpaired) electrons. The monoisotopic (exact) mass is 411 g/mol. The van der Waals surface area contributed by atoms with Crippen LogP contribution in [-0.2, 0) is 4.79 Å². The second-order valence-corrected chi connectivity index (χ2v) is 7.36. The van der Waals surface area contributed by atoms with Gasteiger partial charge in [-0.1, -0.05) is 17.7 Å². The van der Waals surface area contributed by atoms with Crippen molar-refractivity contribution in [2.24, 2.45) is 0 Å². The van der Waals surface area contributed by atoms with Crippen molar-refractivity contribution in [3.8, 4) is 11.5 Å². The first-order valence-corrected chi connectivity index (χ1v) is 9.63. The van der Waals surface area contributed by atoms with Gasteiger partial charge >= 0.3 is 0 Å². The Morgan fingerprint density at radius 3 is 2.48 bits per heavy atom. The smallest absolute Gasteiger partial charge is 0.255 e. The molecule has 0 bridgehead atoms. The van der Waals surface area contributed by atoms with Crippen LogP contribution in [0.5, 0.6) is 11.5 Å². The van der Waals surface area contributed by atoms with Gasteiger partial charge in [-0.15, -0.1) is 0 Å². The number of aryl methyl sites for hydroxylation is 2. The number of benzene rings is 2. The van der Waals surface area contributed by atoms with Crippen molar-refractivity contribution in [3.63, 3.8) is 0 Å². The first-order valence-electron chi connectivity index (χ1n) is 9.23. The van der Waals surface area contributed by atoms with E-state index in [-0.39, 0.29) is 5.91 Å². The van der Waals surface area contributed by atoms with Crippen molar-refractivity contribution >= 4 is 28.9 Å². The van der Waals surface area contributed by atoms with E-state index >= 15 is 0 Å². The SMILES string of the molecule is COc1ccc(OC)c([C@@H]2NC(=S)NC(C)=C2C(=O)Nc2ccc(C)cc2C)c1. The van der Waals surface area contributed by atoms with E-state index < -0.39 is 6.04 Å². The fourth-order valence-electron chi connectivity index (χ4n) is 3.44. The second-order valence-electron chi connectivity index (χ2n) is 6.95. The summed E-state index contributed by atoms with van der Waals surface area (Å²) in [6.07, 6.45) is 0. The number of amides is 1. The van der Waals surface area contributed by atoms with Gasteiger partial charge in [0, 0.05) is 16.9 Å². The van der Waals surface area contributed by atoms with Crippen LogP contribution in [-0.4, -0.2) is 25.2 Å². The molecule has 3 N–H and O–H groups in total. The lowest BCUT2D eigenvalue weighted by atomic mass is 9.93. The molecule has 0 unspecified atom stereocenters. The van der Waals surface area contributed by atoms with Crippen LogP contribution in [0.2, 0.25) is 0 Å². The molecule has 0 saturated carbocycles. The van der Waals surface area contributed by atoms with E-state index in [2.05, 4.69) is 16.0 Å². The molecule has 0 saturated heterocycles. The van der Waals surface area contributed by atoms with Gasteiger partial charge in [0.15, 0.2) is 5.11 Å². The lowest BCUT2D eigenvalue weighted by Gasteiger charge is -2.31. The molecule has 1 amide bonds. The van der Waals surface area contributed by atoms with Crippen LogP contribution in [0.3, 0.4) is 0 Å². The number of rotatable bonds is 5. The summed E-state index contributed by atoms with van der Waals surface area (Å²) in [6, 6.07) is 10.9. The highest BCUT2D eigenvalue weighted by atomic mass is 32.1. The lowest BCUT2D eigenvalue weighted by Crippen LogP contribution is -2.45. The number of carbonyl (C=O) groups excluding carboxylic acids is 1. The number of carbonyl (C=O) groups is 1. The van der Waals surface area contributed by atoms with Crippen molar-refractivity contribution in [2.45, 2.75) is 26.8 Å². The van der Waals surface area contributed by atoms with Gasteiger partial charge in [-0.3, -0.25) is 4.79 Å². The molecular formula is C22H25N3O3S. The quantitative estimate of drug-likeness (QED) is 0.651. The third kappa shape index (κ3) is 4.35. The summed E-state index contributed by atoms with van der Waals surface area (Å²) in [4.78, 5) is 13.3. The van der Waals surface area contributed by atoms with Gasteiger partial charge in [-0.2, -0.15) is 0 Å². The van der Waals surface area contributed by atoms with Crippen LogP contribution < -0.4 is 25.4 Å². The largest absolute Gasteiger partial charge is 0.497 e. The summed E-state index contributed by atoms with van der Waals surface area (Å²) in [5.41, 5.74) is 4.89. The molecule has 29 heavy (non-hydrogen) atoms. The molecular weight excluding hydrogens is 386 g/mol. The molecule has 1 aliphatic rings. The van der Waals surface area contributed by atoms with Gasteiger partial charge in [-0.05, 0) is 62.8 Å². The fourth-order valence-corrected chi connectivity index (χ4v) is 3.71. The zero-order valence-electron chi connectivity index (χ0n) is 17.2. The van der Waals surface area contributed by atoms with Crippen molar-refractivity contribution in [1.29, 1.82) is 0 Å². The number of hydrogen-bond acceptors (Lipinski definition) is 4. The topological polar surface area (TPSA) is 71.6 Å². The Balaban J connectivity index is 2.03. The third-order valence-electron chi connectivity index (χ3n) is 4.89. The van der Waals surface area contributed by atoms with E-state index in [0.29, 0.717) is 27.9 Å². The molecule has 6 nitrogen and oxygen atoms in total. The van der Waals surface area contributed by atoms with Gasteiger partial charge < -0.3 is 25.4 Å². The summed E-state index contributed by atoms with van der Waals surface area (Å²) in [5, 5.41) is 9.72. The number of thiocarbonyl (C=S) groups is 1. The molecule has 0 aliphatic carbocycles. The highest BCUT2D eigenvalue weighted by Crippen LogP contribution is 2.36. The number of ether oxygens (including phenoxy) is 2.